The van der Waals surface area contributed by atoms with Crippen LogP contribution < -0.4 is 10.5 Å². The zero-order valence-electron chi connectivity index (χ0n) is 15.0. The lowest BCUT2D eigenvalue weighted by Gasteiger charge is -2.17. The summed E-state index contributed by atoms with van der Waals surface area (Å²) < 4.78 is 3.13. The Labute approximate surface area is 151 Å². The third-order valence-corrected chi connectivity index (χ3v) is 4.75. The Balaban J connectivity index is 1.64. The standard InChI is InChI=1S/C18H21N7O/c1-13-5-6-14(10-19-13)18-16(23(2)22-21-18)12-25-17(26)9-15(11-20-25)24-7-3-4-8-24/h5-6,9-11H,3-4,7-8,12H2,1-2H3. The first-order chi connectivity index (χ1) is 12.6. The largest absolute Gasteiger partial charge is 0.370 e. The molecule has 0 amide bonds. The van der Waals surface area contributed by atoms with E-state index in [0.717, 1.165) is 54.3 Å². The quantitative estimate of drug-likeness (QED) is 0.706. The fraction of sp³-hybridized carbons (Fsp3) is 0.389. The van der Waals surface area contributed by atoms with Crippen LogP contribution in [0.1, 0.15) is 24.2 Å². The smallest absolute Gasteiger partial charge is 0.269 e. The maximum Gasteiger partial charge on any atom is 0.269 e. The van der Waals surface area contributed by atoms with Gasteiger partial charge in [-0.1, -0.05) is 5.21 Å². The Kier molecular flexibility index (Phi) is 4.24. The third-order valence-electron chi connectivity index (χ3n) is 4.75. The fourth-order valence-corrected chi connectivity index (χ4v) is 3.22. The molecule has 3 aromatic heterocycles. The first-order valence-electron chi connectivity index (χ1n) is 8.75. The van der Waals surface area contributed by atoms with Gasteiger partial charge in [0, 0.05) is 43.7 Å². The molecule has 0 saturated carbocycles. The van der Waals surface area contributed by atoms with Gasteiger partial charge in [0.15, 0.2) is 0 Å². The lowest BCUT2D eigenvalue weighted by molar-refractivity contribution is 0.586. The van der Waals surface area contributed by atoms with E-state index >= 15 is 0 Å². The highest BCUT2D eigenvalue weighted by Gasteiger charge is 2.17. The van der Waals surface area contributed by atoms with Crippen LogP contribution in [0, 0.1) is 6.92 Å². The highest BCUT2D eigenvalue weighted by Crippen LogP contribution is 2.21. The zero-order valence-corrected chi connectivity index (χ0v) is 15.0. The summed E-state index contributed by atoms with van der Waals surface area (Å²) in [6.45, 7) is 4.22. The van der Waals surface area contributed by atoms with Gasteiger partial charge < -0.3 is 4.90 Å². The lowest BCUT2D eigenvalue weighted by Crippen LogP contribution is -2.27. The predicted molar refractivity (Wildman–Crippen MR) is 98.0 cm³/mol. The van der Waals surface area contributed by atoms with Crippen molar-refractivity contribution < 1.29 is 0 Å². The van der Waals surface area contributed by atoms with Crippen molar-refractivity contribution in [3.8, 4) is 11.3 Å². The van der Waals surface area contributed by atoms with E-state index in [-0.39, 0.29) is 5.56 Å². The van der Waals surface area contributed by atoms with Gasteiger partial charge in [0.25, 0.3) is 5.56 Å². The summed E-state index contributed by atoms with van der Waals surface area (Å²) in [6.07, 6.45) is 5.87. The molecule has 26 heavy (non-hydrogen) atoms. The molecule has 8 nitrogen and oxygen atoms in total. The van der Waals surface area contributed by atoms with Gasteiger partial charge in [-0.15, -0.1) is 5.10 Å². The molecule has 0 spiro atoms. The number of aromatic nitrogens is 6. The molecule has 3 aromatic rings. The van der Waals surface area contributed by atoms with Crippen LogP contribution in [0.25, 0.3) is 11.3 Å². The molecule has 0 N–H and O–H groups in total. The minimum absolute atomic E-state index is 0.122. The van der Waals surface area contributed by atoms with Gasteiger partial charge in [0.1, 0.15) is 5.69 Å². The molecule has 1 aliphatic heterocycles. The molecule has 0 bridgehead atoms. The minimum atomic E-state index is -0.122. The molecule has 0 aromatic carbocycles. The summed E-state index contributed by atoms with van der Waals surface area (Å²) in [5.41, 5.74) is 4.13. The highest BCUT2D eigenvalue weighted by atomic mass is 16.1. The topological polar surface area (TPSA) is 81.7 Å². The number of hydrogen-bond donors (Lipinski definition) is 0. The summed E-state index contributed by atoms with van der Waals surface area (Å²) in [7, 11) is 1.82. The summed E-state index contributed by atoms with van der Waals surface area (Å²) in [5, 5.41) is 12.7. The molecule has 1 fully saturated rings. The van der Waals surface area contributed by atoms with Crippen LogP contribution in [0.3, 0.4) is 0 Å². The molecule has 1 saturated heterocycles. The summed E-state index contributed by atoms with van der Waals surface area (Å²) in [5.74, 6) is 0. The van der Waals surface area contributed by atoms with E-state index in [1.54, 1.807) is 23.1 Å². The second-order valence-corrected chi connectivity index (χ2v) is 6.60. The Hall–Kier alpha value is -3.03. The van der Waals surface area contributed by atoms with Crippen LogP contribution in [0.5, 0.6) is 0 Å². The van der Waals surface area contributed by atoms with Gasteiger partial charge in [0.2, 0.25) is 0 Å². The average molecular weight is 351 g/mol. The first-order valence-corrected chi connectivity index (χ1v) is 8.75. The van der Waals surface area contributed by atoms with Crippen LogP contribution in [0.4, 0.5) is 5.69 Å². The average Bonchev–Trinajstić information content (AvgIpc) is 3.29. The Bertz CT molecular complexity index is 968. The van der Waals surface area contributed by atoms with Crippen molar-refractivity contribution >= 4 is 5.69 Å². The van der Waals surface area contributed by atoms with Gasteiger partial charge in [-0.25, -0.2) is 9.36 Å². The summed E-state index contributed by atoms with van der Waals surface area (Å²) in [6, 6.07) is 5.56. The molecular formula is C18H21N7O. The van der Waals surface area contributed by atoms with Crippen molar-refractivity contribution in [2.24, 2.45) is 7.05 Å². The van der Waals surface area contributed by atoms with Crippen LogP contribution in [-0.2, 0) is 13.6 Å². The highest BCUT2D eigenvalue weighted by molar-refractivity contribution is 5.60. The maximum absolute atomic E-state index is 12.5. The van der Waals surface area contributed by atoms with Crippen LogP contribution in [0.15, 0.2) is 35.4 Å². The number of anilines is 1. The normalized spacial score (nSPS) is 14.2. The van der Waals surface area contributed by atoms with E-state index in [1.165, 1.54) is 4.68 Å². The van der Waals surface area contributed by atoms with Crippen molar-refractivity contribution in [2.45, 2.75) is 26.3 Å². The number of nitrogens with zero attached hydrogens (tertiary/aromatic N) is 7. The SMILES string of the molecule is Cc1ccc(-c2nnn(C)c2Cn2ncc(N3CCCC3)cc2=O)cn1. The van der Waals surface area contributed by atoms with Crippen LogP contribution in [-0.4, -0.2) is 42.8 Å². The van der Waals surface area contributed by atoms with E-state index in [0.29, 0.717) is 6.54 Å². The number of hydrogen-bond acceptors (Lipinski definition) is 6. The van der Waals surface area contributed by atoms with E-state index < -0.39 is 0 Å². The number of rotatable bonds is 4. The van der Waals surface area contributed by atoms with Crippen molar-refractivity contribution in [3.63, 3.8) is 0 Å². The number of aryl methyl sites for hydroxylation is 2. The molecule has 134 valence electrons. The second kappa shape index (κ2) is 6.70. The van der Waals surface area contributed by atoms with Gasteiger partial charge in [0.05, 0.1) is 24.1 Å². The van der Waals surface area contributed by atoms with E-state index in [2.05, 4.69) is 25.3 Å². The molecule has 4 rings (SSSR count). The monoisotopic (exact) mass is 351 g/mol. The van der Waals surface area contributed by atoms with Crippen LogP contribution >= 0.6 is 0 Å². The third kappa shape index (κ3) is 3.10. The predicted octanol–water partition coefficient (Wildman–Crippen LogP) is 1.39. The van der Waals surface area contributed by atoms with E-state index in [4.69, 9.17) is 0 Å². The molecular weight excluding hydrogens is 330 g/mol. The molecule has 8 heteroatoms. The van der Waals surface area contributed by atoms with E-state index in [1.807, 2.05) is 26.1 Å². The second-order valence-electron chi connectivity index (χ2n) is 6.60. The lowest BCUT2D eigenvalue weighted by atomic mass is 10.1. The summed E-state index contributed by atoms with van der Waals surface area (Å²) >= 11 is 0. The molecule has 0 aliphatic carbocycles. The Morgan fingerprint density at radius 3 is 2.65 bits per heavy atom. The number of pyridine rings is 1. The van der Waals surface area contributed by atoms with Gasteiger partial charge in [-0.05, 0) is 31.9 Å². The van der Waals surface area contributed by atoms with Gasteiger partial charge >= 0.3 is 0 Å². The fourth-order valence-electron chi connectivity index (χ4n) is 3.22. The molecule has 0 unspecified atom stereocenters. The van der Waals surface area contributed by atoms with Crippen molar-refractivity contribution in [1.82, 2.24) is 29.8 Å². The van der Waals surface area contributed by atoms with Crippen molar-refractivity contribution in [1.29, 1.82) is 0 Å². The first kappa shape index (κ1) is 16.4. The van der Waals surface area contributed by atoms with Crippen molar-refractivity contribution in [3.05, 3.63) is 52.3 Å². The van der Waals surface area contributed by atoms with Gasteiger partial charge in [-0.3, -0.25) is 9.78 Å². The molecule has 1 aliphatic rings. The molecule has 0 radical (unpaired) electrons. The molecule has 0 atom stereocenters. The van der Waals surface area contributed by atoms with E-state index in [9.17, 15) is 4.79 Å². The van der Waals surface area contributed by atoms with Gasteiger partial charge in [-0.2, -0.15) is 5.10 Å². The Morgan fingerprint density at radius 2 is 1.96 bits per heavy atom. The zero-order chi connectivity index (χ0) is 18.1. The minimum Gasteiger partial charge on any atom is -0.370 e. The summed E-state index contributed by atoms with van der Waals surface area (Å²) in [4.78, 5) is 19.1. The van der Waals surface area contributed by atoms with Crippen molar-refractivity contribution in [2.75, 3.05) is 18.0 Å². The molecule has 4 heterocycles. The maximum atomic E-state index is 12.5. The van der Waals surface area contributed by atoms with Crippen LogP contribution in [0.2, 0.25) is 0 Å². The Morgan fingerprint density at radius 1 is 1.15 bits per heavy atom.